The largest absolute Gasteiger partial charge is 0.322 e. The van der Waals surface area contributed by atoms with Crippen LogP contribution in [0.5, 0.6) is 0 Å². The zero-order valence-electron chi connectivity index (χ0n) is 12.1. The summed E-state index contributed by atoms with van der Waals surface area (Å²) in [6.45, 7) is 6.24. The Hall–Kier alpha value is -1.68. The third-order valence-electron chi connectivity index (χ3n) is 4.86. The third-order valence-corrected chi connectivity index (χ3v) is 4.86. The summed E-state index contributed by atoms with van der Waals surface area (Å²) in [5.41, 5.74) is 8.11. The minimum absolute atomic E-state index is 0.0472. The molecule has 1 saturated heterocycles. The lowest BCUT2D eigenvalue weighted by molar-refractivity contribution is -0.143. The van der Waals surface area contributed by atoms with Gasteiger partial charge in [0.05, 0.1) is 11.8 Å². The molecule has 2 aliphatic rings. The summed E-state index contributed by atoms with van der Waals surface area (Å²) in [4.78, 5) is 25.9. The lowest BCUT2D eigenvalue weighted by Gasteiger charge is -2.24. The summed E-state index contributed by atoms with van der Waals surface area (Å²) in [5, 5.41) is 0. The number of carbonyl (C=O) groups is 2. The van der Waals surface area contributed by atoms with Crippen molar-refractivity contribution in [3.05, 3.63) is 35.4 Å². The van der Waals surface area contributed by atoms with E-state index in [1.54, 1.807) is 0 Å². The predicted octanol–water partition coefficient (Wildman–Crippen LogP) is 1.64. The minimum atomic E-state index is -0.315. The standard InChI is InChI=1S/C16H20N2O2/c1-9-6-4-5-7-10(9)11(17)8-18-14(19)12-13(15(18)20)16(12,2)3/h4-7,11-13H,8,17H2,1-3H3. The molecule has 2 N–H and O–H groups in total. The van der Waals surface area contributed by atoms with E-state index in [2.05, 4.69) is 0 Å². The minimum Gasteiger partial charge on any atom is -0.322 e. The predicted molar refractivity (Wildman–Crippen MR) is 75.6 cm³/mol. The van der Waals surface area contributed by atoms with E-state index in [4.69, 9.17) is 5.73 Å². The Morgan fingerprint density at radius 2 is 1.75 bits per heavy atom. The Morgan fingerprint density at radius 1 is 1.20 bits per heavy atom. The highest BCUT2D eigenvalue weighted by molar-refractivity contribution is 6.10. The number of piperidine rings is 1. The summed E-state index contributed by atoms with van der Waals surface area (Å²) in [6, 6.07) is 7.51. The molecule has 1 saturated carbocycles. The lowest BCUT2D eigenvalue weighted by atomic mass is 10.0. The quantitative estimate of drug-likeness (QED) is 0.851. The molecule has 0 spiro atoms. The van der Waals surface area contributed by atoms with Crippen LogP contribution in [-0.2, 0) is 9.59 Å². The van der Waals surface area contributed by atoms with Gasteiger partial charge in [-0.2, -0.15) is 0 Å². The number of nitrogens with zero attached hydrogens (tertiary/aromatic N) is 1. The first-order valence-corrected chi connectivity index (χ1v) is 7.02. The zero-order chi connectivity index (χ0) is 14.7. The van der Waals surface area contributed by atoms with E-state index >= 15 is 0 Å². The Bertz CT molecular complexity index is 570. The highest BCUT2D eigenvalue weighted by atomic mass is 16.2. The Labute approximate surface area is 118 Å². The monoisotopic (exact) mass is 272 g/mol. The number of hydrogen-bond acceptors (Lipinski definition) is 3. The summed E-state index contributed by atoms with van der Waals surface area (Å²) >= 11 is 0. The molecule has 4 heteroatoms. The molecule has 1 aromatic rings. The van der Waals surface area contributed by atoms with Gasteiger partial charge in [0.2, 0.25) is 11.8 Å². The summed E-state index contributed by atoms with van der Waals surface area (Å²) in [5.74, 6) is -0.346. The average Bonchev–Trinajstić information content (AvgIpc) is 2.86. The van der Waals surface area contributed by atoms with E-state index in [1.807, 2.05) is 45.0 Å². The van der Waals surface area contributed by atoms with Gasteiger partial charge in [0, 0.05) is 12.6 Å². The number of carbonyl (C=O) groups excluding carboxylic acids is 2. The highest BCUT2D eigenvalue weighted by Gasteiger charge is 2.72. The first-order chi connectivity index (χ1) is 9.35. The number of fused-ring (bicyclic) bond motifs is 1. The van der Waals surface area contributed by atoms with Gasteiger partial charge in [-0.1, -0.05) is 38.1 Å². The van der Waals surface area contributed by atoms with Gasteiger partial charge in [0.25, 0.3) is 0 Å². The smallest absolute Gasteiger partial charge is 0.233 e. The van der Waals surface area contributed by atoms with Crippen molar-refractivity contribution in [1.29, 1.82) is 0 Å². The fourth-order valence-corrected chi connectivity index (χ4v) is 3.48. The molecule has 2 amide bonds. The van der Waals surface area contributed by atoms with Crippen molar-refractivity contribution in [3.63, 3.8) is 0 Å². The van der Waals surface area contributed by atoms with Gasteiger partial charge in [-0.05, 0) is 23.5 Å². The maximum absolute atomic E-state index is 12.3. The molecule has 3 unspecified atom stereocenters. The van der Waals surface area contributed by atoms with Crippen LogP contribution >= 0.6 is 0 Å². The summed E-state index contributed by atoms with van der Waals surface area (Å²) < 4.78 is 0. The van der Waals surface area contributed by atoms with E-state index in [-0.39, 0.29) is 41.7 Å². The van der Waals surface area contributed by atoms with E-state index in [0.717, 1.165) is 11.1 Å². The molecule has 1 aliphatic carbocycles. The van der Waals surface area contributed by atoms with Crippen molar-refractivity contribution in [2.45, 2.75) is 26.8 Å². The number of benzene rings is 1. The molecule has 1 aromatic carbocycles. The molecular weight excluding hydrogens is 252 g/mol. The van der Waals surface area contributed by atoms with Gasteiger partial charge in [-0.3, -0.25) is 14.5 Å². The van der Waals surface area contributed by atoms with Crippen molar-refractivity contribution < 1.29 is 9.59 Å². The van der Waals surface area contributed by atoms with Gasteiger partial charge in [0.1, 0.15) is 0 Å². The Kier molecular flexibility index (Phi) is 2.77. The van der Waals surface area contributed by atoms with E-state index < -0.39 is 0 Å². The van der Waals surface area contributed by atoms with Crippen LogP contribution in [0.15, 0.2) is 24.3 Å². The lowest BCUT2D eigenvalue weighted by Crippen LogP contribution is -2.41. The Morgan fingerprint density at radius 3 is 2.30 bits per heavy atom. The maximum Gasteiger partial charge on any atom is 0.233 e. The number of rotatable bonds is 3. The number of likely N-dealkylation sites (tertiary alicyclic amines) is 1. The molecule has 3 atom stereocenters. The van der Waals surface area contributed by atoms with E-state index in [9.17, 15) is 9.59 Å². The number of aryl methyl sites for hydroxylation is 1. The third kappa shape index (κ3) is 1.71. The van der Waals surface area contributed by atoms with Crippen LogP contribution in [-0.4, -0.2) is 23.3 Å². The SMILES string of the molecule is Cc1ccccc1C(N)CN1C(=O)C2C(C1=O)C2(C)C. The average molecular weight is 272 g/mol. The second-order valence-corrected chi connectivity index (χ2v) is 6.53. The van der Waals surface area contributed by atoms with Crippen molar-refractivity contribution in [1.82, 2.24) is 4.90 Å². The van der Waals surface area contributed by atoms with E-state index in [0.29, 0.717) is 0 Å². The molecule has 0 radical (unpaired) electrons. The zero-order valence-corrected chi connectivity index (χ0v) is 12.1. The van der Waals surface area contributed by atoms with Crippen LogP contribution in [0.25, 0.3) is 0 Å². The molecule has 20 heavy (non-hydrogen) atoms. The first kappa shape index (κ1) is 13.3. The van der Waals surface area contributed by atoms with Crippen LogP contribution in [0, 0.1) is 24.2 Å². The molecule has 0 aromatic heterocycles. The van der Waals surface area contributed by atoms with Crippen LogP contribution in [0.1, 0.15) is 31.0 Å². The molecule has 1 heterocycles. The number of amides is 2. The summed E-state index contributed by atoms with van der Waals surface area (Å²) in [6.07, 6.45) is 0. The molecular formula is C16H20N2O2. The van der Waals surface area contributed by atoms with Gasteiger partial charge in [0.15, 0.2) is 0 Å². The van der Waals surface area contributed by atoms with Crippen molar-refractivity contribution in [2.75, 3.05) is 6.54 Å². The molecule has 106 valence electrons. The molecule has 1 aliphatic heterocycles. The highest BCUT2D eigenvalue weighted by Crippen LogP contribution is 2.63. The first-order valence-electron chi connectivity index (χ1n) is 7.02. The van der Waals surface area contributed by atoms with Gasteiger partial charge >= 0.3 is 0 Å². The van der Waals surface area contributed by atoms with Crippen LogP contribution in [0.4, 0.5) is 0 Å². The number of imide groups is 1. The van der Waals surface area contributed by atoms with Crippen molar-refractivity contribution in [2.24, 2.45) is 23.0 Å². The normalized spacial score (nSPS) is 28.5. The van der Waals surface area contributed by atoms with Crippen molar-refractivity contribution >= 4 is 11.8 Å². The van der Waals surface area contributed by atoms with Crippen molar-refractivity contribution in [3.8, 4) is 0 Å². The topological polar surface area (TPSA) is 63.4 Å². The Balaban J connectivity index is 1.76. The van der Waals surface area contributed by atoms with Gasteiger partial charge in [-0.15, -0.1) is 0 Å². The second-order valence-electron chi connectivity index (χ2n) is 6.53. The molecule has 0 bridgehead atoms. The maximum atomic E-state index is 12.3. The fourth-order valence-electron chi connectivity index (χ4n) is 3.48. The second kappa shape index (κ2) is 4.16. The molecule has 2 fully saturated rings. The summed E-state index contributed by atoms with van der Waals surface area (Å²) in [7, 11) is 0. The fraction of sp³-hybridized carbons (Fsp3) is 0.500. The van der Waals surface area contributed by atoms with Gasteiger partial charge in [-0.25, -0.2) is 0 Å². The van der Waals surface area contributed by atoms with Crippen LogP contribution < -0.4 is 5.73 Å². The number of nitrogens with two attached hydrogens (primary N) is 1. The molecule has 4 nitrogen and oxygen atoms in total. The van der Waals surface area contributed by atoms with E-state index in [1.165, 1.54) is 4.90 Å². The van der Waals surface area contributed by atoms with Crippen LogP contribution in [0.2, 0.25) is 0 Å². The molecule has 3 rings (SSSR count). The van der Waals surface area contributed by atoms with Gasteiger partial charge < -0.3 is 5.73 Å². The number of hydrogen-bond donors (Lipinski definition) is 1. The van der Waals surface area contributed by atoms with Crippen LogP contribution in [0.3, 0.4) is 0 Å².